The molecule has 1 N–H and O–H groups in total. The van der Waals surface area contributed by atoms with E-state index in [1.807, 2.05) is 54.6 Å². The molecule has 2 aromatic carbocycles. The standard InChI is InChI=1S/C22H18N4O2/c27-21(24-14-16-9-11-23-12-10-16)15-26-22(28)8-7-20(25-26)19-6-5-17-3-1-2-4-18(17)13-19/h1-13H,14-15H2,(H,24,27). The predicted molar refractivity (Wildman–Crippen MR) is 108 cm³/mol. The Labute approximate surface area is 161 Å². The zero-order valence-corrected chi connectivity index (χ0v) is 15.1. The lowest BCUT2D eigenvalue weighted by molar-refractivity contribution is -0.122. The largest absolute Gasteiger partial charge is 0.350 e. The third kappa shape index (κ3) is 3.96. The highest BCUT2D eigenvalue weighted by atomic mass is 16.2. The van der Waals surface area contributed by atoms with Crippen molar-refractivity contribution < 1.29 is 4.79 Å². The lowest BCUT2D eigenvalue weighted by Crippen LogP contribution is -2.33. The summed E-state index contributed by atoms with van der Waals surface area (Å²) in [5.74, 6) is -0.276. The molecule has 6 heteroatoms. The Hall–Kier alpha value is -3.80. The van der Waals surface area contributed by atoms with E-state index in [-0.39, 0.29) is 18.0 Å². The molecule has 0 spiro atoms. The topological polar surface area (TPSA) is 76.9 Å². The zero-order valence-electron chi connectivity index (χ0n) is 15.1. The lowest BCUT2D eigenvalue weighted by atomic mass is 10.1. The van der Waals surface area contributed by atoms with Gasteiger partial charge in [0.1, 0.15) is 6.54 Å². The lowest BCUT2D eigenvalue weighted by Gasteiger charge is -2.09. The number of carbonyl (C=O) groups excluding carboxylic acids is 1. The van der Waals surface area contributed by atoms with Crippen molar-refractivity contribution in [1.29, 1.82) is 0 Å². The first-order chi connectivity index (χ1) is 13.7. The summed E-state index contributed by atoms with van der Waals surface area (Å²) < 4.78 is 1.19. The minimum Gasteiger partial charge on any atom is -0.350 e. The maximum atomic E-state index is 12.2. The Kier molecular flexibility index (Phi) is 4.93. The molecule has 6 nitrogen and oxygen atoms in total. The number of nitrogens with one attached hydrogen (secondary N) is 1. The van der Waals surface area contributed by atoms with Crippen molar-refractivity contribution in [3.8, 4) is 11.3 Å². The molecule has 4 aromatic rings. The van der Waals surface area contributed by atoms with Crippen LogP contribution in [-0.4, -0.2) is 20.7 Å². The van der Waals surface area contributed by atoms with Gasteiger partial charge < -0.3 is 5.32 Å². The first-order valence-electron chi connectivity index (χ1n) is 8.92. The van der Waals surface area contributed by atoms with Crippen LogP contribution in [0.5, 0.6) is 0 Å². The van der Waals surface area contributed by atoms with E-state index in [1.54, 1.807) is 18.5 Å². The van der Waals surface area contributed by atoms with Crippen LogP contribution in [-0.2, 0) is 17.9 Å². The second kappa shape index (κ2) is 7.84. The molecule has 0 saturated heterocycles. The number of aromatic nitrogens is 3. The molecule has 2 heterocycles. The van der Waals surface area contributed by atoms with Gasteiger partial charge >= 0.3 is 0 Å². The number of hydrogen-bond donors (Lipinski definition) is 1. The Balaban J connectivity index is 1.53. The van der Waals surface area contributed by atoms with Gasteiger partial charge in [-0.25, -0.2) is 4.68 Å². The van der Waals surface area contributed by atoms with Gasteiger partial charge in [-0.3, -0.25) is 14.6 Å². The van der Waals surface area contributed by atoms with Crippen molar-refractivity contribution in [3.63, 3.8) is 0 Å². The fourth-order valence-electron chi connectivity index (χ4n) is 2.96. The van der Waals surface area contributed by atoms with Crippen LogP contribution in [0.3, 0.4) is 0 Å². The second-order valence-electron chi connectivity index (χ2n) is 6.41. The molecule has 4 rings (SSSR count). The summed E-state index contributed by atoms with van der Waals surface area (Å²) in [6.07, 6.45) is 3.33. The number of nitrogens with zero attached hydrogens (tertiary/aromatic N) is 3. The van der Waals surface area contributed by atoms with E-state index in [1.165, 1.54) is 10.7 Å². The number of hydrogen-bond acceptors (Lipinski definition) is 4. The molecular formula is C22H18N4O2. The number of carbonyl (C=O) groups is 1. The molecule has 0 aliphatic carbocycles. The van der Waals surface area contributed by atoms with E-state index in [2.05, 4.69) is 15.4 Å². The van der Waals surface area contributed by atoms with Gasteiger partial charge in [-0.05, 0) is 40.6 Å². The molecule has 28 heavy (non-hydrogen) atoms. The molecule has 0 aliphatic rings. The van der Waals surface area contributed by atoms with E-state index in [9.17, 15) is 9.59 Å². The molecule has 0 bridgehead atoms. The fourth-order valence-corrected chi connectivity index (χ4v) is 2.96. The molecule has 138 valence electrons. The Morgan fingerprint density at radius 2 is 1.71 bits per heavy atom. The number of rotatable bonds is 5. The van der Waals surface area contributed by atoms with Crippen LogP contribution in [0, 0.1) is 0 Å². The molecule has 0 radical (unpaired) electrons. The van der Waals surface area contributed by atoms with Gasteiger partial charge in [0.15, 0.2) is 0 Å². The second-order valence-corrected chi connectivity index (χ2v) is 6.41. The van der Waals surface area contributed by atoms with Gasteiger partial charge in [0.05, 0.1) is 5.69 Å². The van der Waals surface area contributed by atoms with Gasteiger partial charge in [0.25, 0.3) is 5.56 Å². The molecule has 0 atom stereocenters. The molecule has 0 unspecified atom stereocenters. The number of fused-ring (bicyclic) bond motifs is 1. The third-order valence-corrected chi connectivity index (χ3v) is 4.44. The van der Waals surface area contributed by atoms with Crippen LogP contribution in [0.2, 0.25) is 0 Å². The number of pyridine rings is 1. The molecule has 1 amide bonds. The third-order valence-electron chi connectivity index (χ3n) is 4.44. The predicted octanol–water partition coefficient (Wildman–Crippen LogP) is 2.77. The minimum atomic E-state index is -0.316. The van der Waals surface area contributed by atoms with Crippen molar-refractivity contribution in [3.05, 3.63) is 95.0 Å². The van der Waals surface area contributed by atoms with Crippen molar-refractivity contribution in [2.45, 2.75) is 13.1 Å². The van der Waals surface area contributed by atoms with Gasteiger partial charge in [-0.2, -0.15) is 5.10 Å². The first-order valence-corrected chi connectivity index (χ1v) is 8.92. The maximum Gasteiger partial charge on any atom is 0.267 e. The SMILES string of the molecule is O=C(Cn1nc(-c2ccc3ccccc3c2)ccc1=O)NCc1ccncc1. The smallest absolute Gasteiger partial charge is 0.267 e. The van der Waals surface area contributed by atoms with E-state index >= 15 is 0 Å². The highest BCUT2D eigenvalue weighted by Gasteiger charge is 2.08. The molecule has 0 fully saturated rings. The molecule has 0 aliphatic heterocycles. The van der Waals surface area contributed by atoms with Crippen LogP contribution < -0.4 is 10.9 Å². The molecule has 0 saturated carbocycles. The van der Waals surface area contributed by atoms with Gasteiger partial charge in [-0.15, -0.1) is 0 Å². The number of amides is 1. The van der Waals surface area contributed by atoms with Gasteiger partial charge in [0, 0.05) is 30.6 Å². The molecular weight excluding hydrogens is 352 g/mol. The van der Waals surface area contributed by atoms with Crippen LogP contribution in [0.4, 0.5) is 0 Å². The summed E-state index contributed by atoms with van der Waals surface area (Å²) in [5, 5.41) is 9.40. The van der Waals surface area contributed by atoms with Crippen LogP contribution in [0.25, 0.3) is 22.0 Å². The van der Waals surface area contributed by atoms with Crippen molar-refractivity contribution >= 4 is 16.7 Å². The van der Waals surface area contributed by atoms with E-state index in [4.69, 9.17) is 0 Å². The summed E-state index contributed by atoms with van der Waals surface area (Å²) in [6, 6.07) is 20.8. The molecule has 2 aromatic heterocycles. The number of benzene rings is 2. The van der Waals surface area contributed by atoms with E-state index < -0.39 is 0 Å². The average Bonchev–Trinajstić information content (AvgIpc) is 2.74. The van der Waals surface area contributed by atoms with Gasteiger partial charge in [0.2, 0.25) is 5.91 Å². The summed E-state index contributed by atoms with van der Waals surface area (Å²) >= 11 is 0. The zero-order chi connectivity index (χ0) is 19.3. The minimum absolute atomic E-state index is 0.134. The quantitative estimate of drug-likeness (QED) is 0.586. The summed E-state index contributed by atoms with van der Waals surface area (Å²) in [7, 11) is 0. The Morgan fingerprint density at radius 3 is 2.54 bits per heavy atom. The van der Waals surface area contributed by atoms with Crippen molar-refractivity contribution in [2.24, 2.45) is 0 Å². The summed E-state index contributed by atoms with van der Waals surface area (Å²) in [5.41, 5.74) is 2.16. The van der Waals surface area contributed by atoms with E-state index in [0.717, 1.165) is 21.9 Å². The van der Waals surface area contributed by atoms with Crippen LogP contribution in [0.1, 0.15) is 5.56 Å². The fraction of sp³-hybridized carbons (Fsp3) is 0.0909. The summed E-state index contributed by atoms with van der Waals surface area (Å²) in [6.45, 7) is 0.242. The highest BCUT2D eigenvalue weighted by Crippen LogP contribution is 2.22. The Bertz CT molecular complexity index is 1190. The summed E-state index contributed by atoms with van der Waals surface area (Å²) in [4.78, 5) is 28.3. The van der Waals surface area contributed by atoms with Gasteiger partial charge in [-0.1, -0.05) is 36.4 Å². The van der Waals surface area contributed by atoms with Crippen molar-refractivity contribution in [2.75, 3.05) is 0 Å². The van der Waals surface area contributed by atoms with Crippen molar-refractivity contribution in [1.82, 2.24) is 20.1 Å². The van der Waals surface area contributed by atoms with Crippen LogP contribution >= 0.6 is 0 Å². The highest BCUT2D eigenvalue weighted by molar-refractivity contribution is 5.86. The Morgan fingerprint density at radius 1 is 0.929 bits per heavy atom. The average molecular weight is 370 g/mol. The maximum absolute atomic E-state index is 12.2. The first kappa shape index (κ1) is 17.6. The van der Waals surface area contributed by atoms with E-state index in [0.29, 0.717) is 12.2 Å². The van der Waals surface area contributed by atoms with Crippen LogP contribution in [0.15, 0.2) is 83.9 Å². The monoisotopic (exact) mass is 370 g/mol. The normalized spacial score (nSPS) is 10.7.